The zero-order valence-corrected chi connectivity index (χ0v) is 12.6. The number of halogens is 2. The zero-order valence-electron chi connectivity index (χ0n) is 11.0. The summed E-state index contributed by atoms with van der Waals surface area (Å²) in [4.78, 5) is 6.74. The summed E-state index contributed by atoms with van der Waals surface area (Å²) in [5.41, 5.74) is 0.107. The topological polar surface area (TPSA) is 74.8 Å². The molecule has 0 aliphatic carbocycles. The predicted molar refractivity (Wildman–Crippen MR) is 77.1 cm³/mol. The number of imidazole rings is 1. The molecule has 0 fully saturated rings. The van der Waals surface area contributed by atoms with Crippen LogP contribution in [0.4, 0.5) is 14.5 Å². The fourth-order valence-corrected chi connectivity index (χ4v) is 3.29. The van der Waals surface area contributed by atoms with Crippen molar-refractivity contribution in [3.8, 4) is 0 Å². The quantitative estimate of drug-likeness (QED) is 0.797. The molecule has 2 aromatic rings. The van der Waals surface area contributed by atoms with Crippen LogP contribution in [0.2, 0.25) is 0 Å². The third kappa shape index (κ3) is 3.94. The number of sulfonamides is 1. The van der Waals surface area contributed by atoms with Crippen LogP contribution in [0, 0.1) is 0 Å². The minimum absolute atomic E-state index is 0.101. The van der Waals surface area contributed by atoms with Crippen LogP contribution in [0.1, 0.15) is 12.7 Å². The molecular formula is C12H13F2N3O2S2. The molecule has 1 aromatic carbocycles. The van der Waals surface area contributed by atoms with E-state index in [4.69, 9.17) is 0 Å². The number of benzene rings is 1. The van der Waals surface area contributed by atoms with Gasteiger partial charge in [0.2, 0.25) is 0 Å². The Morgan fingerprint density at radius 2 is 2.10 bits per heavy atom. The Hall–Kier alpha value is -1.61. The molecule has 0 saturated carbocycles. The molecule has 5 nitrogen and oxygen atoms in total. The number of aromatic nitrogens is 2. The van der Waals surface area contributed by atoms with Gasteiger partial charge in [-0.15, -0.1) is 0 Å². The average molecular weight is 333 g/mol. The van der Waals surface area contributed by atoms with Gasteiger partial charge in [-0.05, 0) is 12.1 Å². The van der Waals surface area contributed by atoms with Crippen molar-refractivity contribution >= 4 is 27.5 Å². The van der Waals surface area contributed by atoms with Crippen LogP contribution in [0.15, 0.2) is 40.4 Å². The summed E-state index contributed by atoms with van der Waals surface area (Å²) in [7, 11) is -3.89. The third-order valence-electron chi connectivity index (χ3n) is 2.58. The summed E-state index contributed by atoms with van der Waals surface area (Å²) in [5.74, 6) is -2.10. The fourth-order valence-electron chi connectivity index (χ4n) is 1.61. The second-order valence-electron chi connectivity index (χ2n) is 4.03. The van der Waals surface area contributed by atoms with E-state index in [1.165, 1.54) is 18.3 Å². The maximum atomic E-state index is 12.5. The molecule has 21 heavy (non-hydrogen) atoms. The molecule has 0 aliphatic rings. The maximum Gasteiger partial charge on any atom is 0.288 e. The molecule has 0 saturated heterocycles. The van der Waals surface area contributed by atoms with Gasteiger partial charge in [0, 0.05) is 11.3 Å². The van der Waals surface area contributed by atoms with Gasteiger partial charge in [-0.2, -0.15) is 17.2 Å². The van der Waals surface area contributed by atoms with E-state index >= 15 is 0 Å². The van der Waals surface area contributed by atoms with E-state index in [0.717, 1.165) is 0 Å². The second kappa shape index (κ2) is 6.44. The Morgan fingerprint density at radius 1 is 1.38 bits per heavy atom. The SMILES string of the molecule is CCc1ncc(S(=O)(=O)Nc2ccccc2SC(F)F)[nH]1. The highest BCUT2D eigenvalue weighted by Crippen LogP contribution is 2.32. The lowest BCUT2D eigenvalue weighted by molar-refractivity contribution is 0.252. The highest BCUT2D eigenvalue weighted by atomic mass is 32.2. The number of hydrogen-bond donors (Lipinski definition) is 2. The molecular weight excluding hydrogens is 320 g/mol. The van der Waals surface area contributed by atoms with E-state index in [-0.39, 0.29) is 27.4 Å². The molecule has 2 rings (SSSR count). The Balaban J connectivity index is 2.28. The average Bonchev–Trinajstić information content (AvgIpc) is 2.90. The normalized spacial score (nSPS) is 11.8. The summed E-state index contributed by atoms with van der Waals surface area (Å²) in [6.07, 6.45) is 1.76. The monoisotopic (exact) mass is 333 g/mol. The highest BCUT2D eigenvalue weighted by molar-refractivity contribution is 7.99. The number of aromatic amines is 1. The van der Waals surface area contributed by atoms with E-state index < -0.39 is 15.8 Å². The zero-order chi connectivity index (χ0) is 15.5. The molecule has 0 amide bonds. The largest absolute Gasteiger partial charge is 0.332 e. The Bertz CT molecular complexity index is 717. The maximum absolute atomic E-state index is 12.5. The summed E-state index contributed by atoms with van der Waals surface area (Å²) >= 11 is 0.285. The number of rotatable bonds is 6. The molecule has 0 aliphatic heterocycles. The molecule has 2 N–H and O–H groups in total. The molecule has 114 valence electrons. The van der Waals surface area contributed by atoms with Crippen molar-refractivity contribution in [1.82, 2.24) is 9.97 Å². The molecule has 0 radical (unpaired) electrons. The summed E-state index contributed by atoms with van der Waals surface area (Å²) < 4.78 is 51.6. The van der Waals surface area contributed by atoms with Crippen molar-refractivity contribution < 1.29 is 17.2 Å². The highest BCUT2D eigenvalue weighted by Gasteiger charge is 2.19. The number of alkyl halides is 2. The first-order chi connectivity index (χ1) is 9.92. The molecule has 0 bridgehead atoms. The van der Waals surface area contributed by atoms with Crippen LogP contribution in [-0.4, -0.2) is 24.1 Å². The molecule has 9 heteroatoms. The van der Waals surface area contributed by atoms with E-state index in [9.17, 15) is 17.2 Å². The van der Waals surface area contributed by atoms with Crippen molar-refractivity contribution in [2.45, 2.75) is 29.0 Å². The lowest BCUT2D eigenvalue weighted by Gasteiger charge is -2.10. The first-order valence-electron chi connectivity index (χ1n) is 6.03. The summed E-state index contributed by atoms with van der Waals surface area (Å²) in [6, 6.07) is 5.99. The Labute approximate surface area is 125 Å². The molecule has 0 atom stereocenters. The number of para-hydroxylation sites is 1. The van der Waals surface area contributed by atoms with Crippen molar-refractivity contribution in [2.75, 3.05) is 4.72 Å². The number of H-pyrrole nitrogens is 1. The Kier molecular flexibility index (Phi) is 4.84. The lowest BCUT2D eigenvalue weighted by Crippen LogP contribution is -2.14. The van der Waals surface area contributed by atoms with Gasteiger partial charge in [0.05, 0.1) is 11.9 Å². The van der Waals surface area contributed by atoms with Crippen LogP contribution >= 0.6 is 11.8 Å². The number of hydrogen-bond acceptors (Lipinski definition) is 4. The van der Waals surface area contributed by atoms with Gasteiger partial charge in [0.25, 0.3) is 15.8 Å². The number of nitrogens with one attached hydrogen (secondary N) is 2. The molecule has 1 heterocycles. The van der Waals surface area contributed by atoms with E-state index in [2.05, 4.69) is 14.7 Å². The number of thioether (sulfide) groups is 1. The van der Waals surface area contributed by atoms with Gasteiger partial charge in [-0.25, -0.2) is 4.98 Å². The van der Waals surface area contributed by atoms with Gasteiger partial charge in [0.15, 0.2) is 5.03 Å². The van der Waals surface area contributed by atoms with Gasteiger partial charge < -0.3 is 4.98 Å². The van der Waals surface area contributed by atoms with E-state index in [1.807, 2.05) is 6.92 Å². The van der Waals surface area contributed by atoms with Crippen molar-refractivity contribution in [1.29, 1.82) is 0 Å². The number of anilines is 1. The summed E-state index contributed by atoms with van der Waals surface area (Å²) in [6.45, 7) is 1.83. The Morgan fingerprint density at radius 3 is 2.71 bits per heavy atom. The van der Waals surface area contributed by atoms with E-state index in [1.54, 1.807) is 12.1 Å². The fraction of sp³-hybridized carbons (Fsp3) is 0.250. The van der Waals surface area contributed by atoms with Crippen LogP contribution in [0.3, 0.4) is 0 Å². The van der Waals surface area contributed by atoms with Crippen molar-refractivity contribution in [2.24, 2.45) is 0 Å². The lowest BCUT2D eigenvalue weighted by atomic mass is 10.3. The summed E-state index contributed by atoms with van der Waals surface area (Å²) in [5, 5.41) is -0.101. The van der Waals surface area contributed by atoms with Gasteiger partial charge in [-0.1, -0.05) is 30.8 Å². The second-order valence-corrected chi connectivity index (χ2v) is 6.71. The predicted octanol–water partition coefficient (Wildman–Crippen LogP) is 3.09. The van der Waals surface area contributed by atoms with Gasteiger partial charge in [-0.3, -0.25) is 4.72 Å². The van der Waals surface area contributed by atoms with Crippen LogP contribution in [0.5, 0.6) is 0 Å². The van der Waals surface area contributed by atoms with Gasteiger partial charge >= 0.3 is 0 Å². The molecule has 1 aromatic heterocycles. The first-order valence-corrected chi connectivity index (χ1v) is 8.39. The van der Waals surface area contributed by atoms with Crippen molar-refractivity contribution in [3.05, 3.63) is 36.3 Å². The van der Waals surface area contributed by atoms with Crippen molar-refractivity contribution in [3.63, 3.8) is 0 Å². The minimum Gasteiger partial charge on any atom is -0.332 e. The smallest absolute Gasteiger partial charge is 0.288 e. The van der Waals surface area contributed by atoms with E-state index in [0.29, 0.717) is 12.2 Å². The molecule has 0 unspecified atom stereocenters. The third-order valence-corrected chi connectivity index (χ3v) is 4.64. The minimum atomic E-state index is -3.89. The molecule has 0 spiro atoms. The number of nitrogens with zero attached hydrogens (tertiary/aromatic N) is 1. The van der Waals surface area contributed by atoms with Crippen LogP contribution < -0.4 is 4.72 Å². The number of aryl methyl sites for hydroxylation is 1. The first kappa shape index (κ1) is 15.8. The van der Waals surface area contributed by atoms with Gasteiger partial charge in [0.1, 0.15) is 5.82 Å². The van der Waals surface area contributed by atoms with Crippen LogP contribution in [-0.2, 0) is 16.4 Å². The van der Waals surface area contributed by atoms with Crippen LogP contribution in [0.25, 0.3) is 0 Å². The standard InChI is InChI=1S/C12H13F2N3O2S2/c1-2-10-15-7-11(16-10)21(18,19)17-8-5-3-4-6-9(8)20-12(13)14/h3-7,12,17H,2H2,1H3,(H,15,16).